The van der Waals surface area contributed by atoms with E-state index in [1.807, 2.05) is 24.3 Å². The van der Waals surface area contributed by atoms with Crippen LogP contribution in [-0.4, -0.2) is 0 Å². The Morgan fingerprint density at radius 1 is 0.938 bits per heavy atom. The van der Waals surface area contributed by atoms with Gasteiger partial charge in [0.2, 0.25) is 0 Å². The van der Waals surface area contributed by atoms with E-state index in [9.17, 15) is 0 Å². The van der Waals surface area contributed by atoms with Crippen molar-refractivity contribution in [2.24, 2.45) is 0 Å². The van der Waals surface area contributed by atoms with Crippen molar-refractivity contribution in [2.75, 3.05) is 0 Å². The topological polar surface area (TPSA) is 23.8 Å². The second-order valence-corrected chi connectivity index (χ2v) is 4.03. The first-order valence-corrected chi connectivity index (χ1v) is 5.28. The molecule has 0 aliphatic carbocycles. The van der Waals surface area contributed by atoms with Gasteiger partial charge in [-0.15, -0.1) is 0 Å². The van der Waals surface area contributed by atoms with Gasteiger partial charge in [-0.3, -0.25) is 0 Å². The molecule has 1 nitrogen and oxygen atoms in total. The molecule has 0 spiro atoms. The summed E-state index contributed by atoms with van der Waals surface area (Å²) in [6.07, 6.45) is 0. The molecular weight excluding hydrogens is 194 g/mol. The van der Waals surface area contributed by atoms with E-state index in [1.165, 1.54) is 11.1 Å². The van der Waals surface area contributed by atoms with Crippen LogP contribution in [0.15, 0.2) is 42.5 Å². The zero-order valence-corrected chi connectivity index (χ0v) is 9.49. The molecule has 0 radical (unpaired) electrons. The third-order valence-corrected chi connectivity index (χ3v) is 2.58. The number of rotatable bonds is 1. The molecule has 2 rings (SSSR count). The van der Waals surface area contributed by atoms with E-state index in [1.54, 1.807) is 0 Å². The van der Waals surface area contributed by atoms with Gasteiger partial charge in [0.25, 0.3) is 0 Å². The molecule has 0 atom stereocenters. The van der Waals surface area contributed by atoms with E-state index in [-0.39, 0.29) is 0 Å². The Hall–Kier alpha value is -2.07. The Bertz CT molecular complexity index is 542. The number of hydrogen-bond donors (Lipinski definition) is 0. The molecule has 0 amide bonds. The lowest BCUT2D eigenvalue weighted by atomic mass is 9.97. The summed E-state index contributed by atoms with van der Waals surface area (Å²) in [7, 11) is 0. The minimum atomic E-state index is 0.729. The number of aryl methyl sites for hydroxylation is 2. The van der Waals surface area contributed by atoms with Crippen LogP contribution in [0.4, 0.5) is 0 Å². The molecule has 78 valence electrons. The van der Waals surface area contributed by atoms with Gasteiger partial charge in [-0.05, 0) is 31.0 Å². The minimum Gasteiger partial charge on any atom is -0.192 e. The van der Waals surface area contributed by atoms with Crippen molar-refractivity contribution in [3.63, 3.8) is 0 Å². The Labute approximate surface area is 96.0 Å². The fourth-order valence-electron chi connectivity index (χ4n) is 1.96. The molecule has 0 saturated heterocycles. The first kappa shape index (κ1) is 10.4. The van der Waals surface area contributed by atoms with Crippen LogP contribution in [0.3, 0.4) is 0 Å². The van der Waals surface area contributed by atoms with Crippen LogP contribution >= 0.6 is 0 Å². The summed E-state index contributed by atoms with van der Waals surface area (Å²) in [5.74, 6) is 0. The zero-order valence-electron chi connectivity index (χ0n) is 9.49. The smallest absolute Gasteiger partial charge is 0.0998 e. The van der Waals surface area contributed by atoms with Crippen LogP contribution in [0, 0.1) is 25.2 Å². The fraction of sp³-hybridized carbons (Fsp3) is 0.133. The van der Waals surface area contributed by atoms with Crippen LogP contribution in [-0.2, 0) is 0 Å². The third kappa shape index (κ3) is 1.97. The molecular formula is C15H13N. The lowest BCUT2D eigenvalue weighted by Gasteiger charge is -2.06. The second kappa shape index (κ2) is 4.20. The van der Waals surface area contributed by atoms with E-state index in [4.69, 9.17) is 5.26 Å². The first-order chi connectivity index (χ1) is 7.70. The van der Waals surface area contributed by atoms with Gasteiger partial charge in [0.15, 0.2) is 0 Å². The van der Waals surface area contributed by atoms with Gasteiger partial charge in [-0.25, -0.2) is 0 Å². The second-order valence-electron chi connectivity index (χ2n) is 4.03. The summed E-state index contributed by atoms with van der Waals surface area (Å²) in [4.78, 5) is 0. The predicted octanol–water partition coefficient (Wildman–Crippen LogP) is 3.84. The van der Waals surface area contributed by atoms with Crippen LogP contribution in [0.1, 0.15) is 16.7 Å². The van der Waals surface area contributed by atoms with E-state index in [0.29, 0.717) is 0 Å². The zero-order chi connectivity index (χ0) is 11.5. The highest BCUT2D eigenvalue weighted by Gasteiger charge is 2.04. The number of nitriles is 1. The average Bonchev–Trinajstić information content (AvgIpc) is 2.27. The minimum absolute atomic E-state index is 0.729. The molecule has 0 saturated carbocycles. The maximum absolute atomic E-state index is 9.07. The Morgan fingerprint density at radius 2 is 1.56 bits per heavy atom. The van der Waals surface area contributed by atoms with Crippen LogP contribution < -0.4 is 0 Å². The predicted molar refractivity (Wildman–Crippen MR) is 66.1 cm³/mol. The quantitative estimate of drug-likeness (QED) is 0.697. The highest BCUT2D eigenvalue weighted by molar-refractivity contribution is 5.71. The lowest BCUT2D eigenvalue weighted by Crippen LogP contribution is -1.86. The number of nitrogens with zero attached hydrogens (tertiary/aromatic N) is 1. The summed E-state index contributed by atoms with van der Waals surface area (Å²) in [5, 5.41) is 9.07. The molecule has 0 aliphatic rings. The molecule has 2 aromatic rings. The van der Waals surface area contributed by atoms with Crippen molar-refractivity contribution in [3.05, 3.63) is 59.2 Å². The van der Waals surface area contributed by atoms with Crippen molar-refractivity contribution in [1.82, 2.24) is 0 Å². The lowest BCUT2D eigenvalue weighted by molar-refractivity contribution is 1.38. The highest BCUT2D eigenvalue weighted by Crippen LogP contribution is 2.25. The molecule has 0 aromatic heterocycles. The fourth-order valence-corrected chi connectivity index (χ4v) is 1.96. The van der Waals surface area contributed by atoms with Crippen LogP contribution in [0.2, 0.25) is 0 Å². The third-order valence-electron chi connectivity index (χ3n) is 2.58. The highest BCUT2D eigenvalue weighted by atomic mass is 14.2. The van der Waals surface area contributed by atoms with Gasteiger partial charge in [-0.2, -0.15) is 5.26 Å². The summed E-state index contributed by atoms with van der Waals surface area (Å²) >= 11 is 0. The molecule has 0 bridgehead atoms. The summed E-state index contributed by atoms with van der Waals surface area (Å²) in [6, 6.07) is 16.3. The van der Waals surface area contributed by atoms with E-state index in [0.717, 1.165) is 16.7 Å². The first-order valence-electron chi connectivity index (χ1n) is 5.28. The Morgan fingerprint density at radius 3 is 2.19 bits per heavy atom. The molecule has 16 heavy (non-hydrogen) atoms. The Balaban J connectivity index is 2.63. The maximum atomic E-state index is 9.07. The Kier molecular flexibility index (Phi) is 2.74. The molecule has 1 heteroatoms. The van der Waals surface area contributed by atoms with Gasteiger partial charge in [0.1, 0.15) is 0 Å². The SMILES string of the molecule is Cc1cc(C)cc(-c2ccccc2C#N)c1. The van der Waals surface area contributed by atoms with Crippen LogP contribution in [0.5, 0.6) is 0 Å². The number of benzene rings is 2. The van der Waals surface area contributed by atoms with Crippen molar-refractivity contribution >= 4 is 0 Å². The van der Waals surface area contributed by atoms with Crippen molar-refractivity contribution in [2.45, 2.75) is 13.8 Å². The average molecular weight is 207 g/mol. The molecule has 0 heterocycles. The van der Waals surface area contributed by atoms with Crippen molar-refractivity contribution < 1.29 is 0 Å². The molecule has 2 aromatic carbocycles. The molecule has 0 fully saturated rings. The van der Waals surface area contributed by atoms with Crippen molar-refractivity contribution in [1.29, 1.82) is 5.26 Å². The van der Waals surface area contributed by atoms with E-state index >= 15 is 0 Å². The van der Waals surface area contributed by atoms with Crippen LogP contribution in [0.25, 0.3) is 11.1 Å². The molecule has 0 N–H and O–H groups in total. The van der Waals surface area contributed by atoms with E-state index < -0.39 is 0 Å². The number of hydrogen-bond acceptors (Lipinski definition) is 1. The van der Waals surface area contributed by atoms with Gasteiger partial charge >= 0.3 is 0 Å². The van der Waals surface area contributed by atoms with Crippen molar-refractivity contribution in [3.8, 4) is 17.2 Å². The maximum Gasteiger partial charge on any atom is 0.0998 e. The largest absolute Gasteiger partial charge is 0.192 e. The molecule has 0 aliphatic heterocycles. The standard InChI is InChI=1S/C15H13N/c1-11-7-12(2)9-14(8-11)15-6-4-3-5-13(15)10-16/h3-9H,1-2H3. The summed E-state index contributed by atoms with van der Waals surface area (Å²) < 4.78 is 0. The monoisotopic (exact) mass is 207 g/mol. The summed E-state index contributed by atoms with van der Waals surface area (Å²) in [6.45, 7) is 4.15. The van der Waals surface area contributed by atoms with Gasteiger partial charge in [0, 0.05) is 0 Å². The van der Waals surface area contributed by atoms with Gasteiger partial charge in [-0.1, -0.05) is 47.5 Å². The summed E-state index contributed by atoms with van der Waals surface area (Å²) in [5.41, 5.74) is 5.31. The van der Waals surface area contributed by atoms with E-state index in [2.05, 4.69) is 38.1 Å². The van der Waals surface area contributed by atoms with Gasteiger partial charge < -0.3 is 0 Å². The molecule has 0 unspecified atom stereocenters. The normalized spacial score (nSPS) is 9.81. The van der Waals surface area contributed by atoms with Gasteiger partial charge in [0.05, 0.1) is 11.6 Å².